The maximum absolute atomic E-state index is 11.8. The Hall–Kier alpha value is -0.430. The topological polar surface area (TPSA) is 58.2 Å². The Balaban J connectivity index is 1.89. The van der Waals surface area contributed by atoms with E-state index in [9.17, 15) is 8.42 Å². The summed E-state index contributed by atoms with van der Waals surface area (Å²) >= 11 is 1.25. The number of nitrogens with one attached hydrogen (secondary N) is 2. The van der Waals surface area contributed by atoms with Gasteiger partial charge in [-0.2, -0.15) is 0 Å². The largest absolute Gasteiger partial charge is 0.313 e. The van der Waals surface area contributed by atoms with Gasteiger partial charge in [0.2, 0.25) is 10.0 Å². The van der Waals surface area contributed by atoms with Gasteiger partial charge in [-0.05, 0) is 30.8 Å². The van der Waals surface area contributed by atoms with Crippen LogP contribution in [0.3, 0.4) is 0 Å². The van der Waals surface area contributed by atoms with Crippen molar-refractivity contribution < 1.29 is 8.42 Å². The Morgan fingerprint density at radius 1 is 1.50 bits per heavy atom. The van der Waals surface area contributed by atoms with Gasteiger partial charge in [0.25, 0.3) is 0 Å². The average Bonchev–Trinajstić information content (AvgIpc) is 2.82. The molecule has 1 saturated heterocycles. The minimum atomic E-state index is -3.29. The zero-order valence-corrected chi connectivity index (χ0v) is 10.6. The van der Waals surface area contributed by atoms with Crippen molar-refractivity contribution in [2.24, 2.45) is 0 Å². The molecule has 1 aromatic heterocycles. The average molecular weight is 260 g/mol. The first kappa shape index (κ1) is 12.0. The number of rotatable bonds is 4. The van der Waals surface area contributed by atoms with Crippen LogP contribution in [-0.2, 0) is 10.0 Å². The van der Waals surface area contributed by atoms with Crippen LogP contribution in [0.5, 0.6) is 0 Å². The van der Waals surface area contributed by atoms with E-state index in [-0.39, 0.29) is 6.04 Å². The summed E-state index contributed by atoms with van der Waals surface area (Å²) in [6.45, 7) is 1.48. The predicted octanol–water partition coefficient (Wildman–Crippen LogP) is 1.17. The second kappa shape index (κ2) is 5.27. The van der Waals surface area contributed by atoms with Gasteiger partial charge >= 0.3 is 0 Å². The summed E-state index contributed by atoms with van der Waals surface area (Å²) in [5.41, 5.74) is 0. The highest BCUT2D eigenvalue weighted by Gasteiger charge is 2.18. The van der Waals surface area contributed by atoms with Crippen molar-refractivity contribution in [2.75, 3.05) is 13.1 Å². The highest BCUT2D eigenvalue weighted by atomic mass is 32.2. The van der Waals surface area contributed by atoms with Gasteiger partial charge in [-0.15, -0.1) is 11.3 Å². The Bertz CT molecular complexity index is 408. The molecule has 1 aliphatic heterocycles. The molecular formula is C10H16N2O2S2. The van der Waals surface area contributed by atoms with Crippen LogP contribution in [0, 0.1) is 0 Å². The van der Waals surface area contributed by atoms with E-state index in [0.29, 0.717) is 10.8 Å². The molecule has 0 spiro atoms. The maximum Gasteiger partial charge on any atom is 0.250 e. The van der Waals surface area contributed by atoms with Crippen molar-refractivity contribution in [3.8, 4) is 0 Å². The molecule has 16 heavy (non-hydrogen) atoms. The fourth-order valence-electron chi connectivity index (χ4n) is 1.80. The van der Waals surface area contributed by atoms with Crippen LogP contribution >= 0.6 is 11.3 Å². The zero-order chi connectivity index (χ0) is 11.4. The molecule has 1 fully saturated rings. The smallest absolute Gasteiger partial charge is 0.250 e. The number of hydrogen-bond donors (Lipinski definition) is 2. The highest BCUT2D eigenvalue weighted by molar-refractivity contribution is 7.91. The van der Waals surface area contributed by atoms with Crippen molar-refractivity contribution in [3.05, 3.63) is 17.5 Å². The molecule has 0 aliphatic carbocycles. The quantitative estimate of drug-likeness (QED) is 0.854. The van der Waals surface area contributed by atoms with Crippen LogP contribution < -0.4 is 10.0 Å². The Morgan fingerprint density at radius 2 is 2.38 bits per heavy atom. The SMILES string of the molecule is O=S(=O)(NC[C@@H]1CCCCN1)c1cccs1. The molecule has 2 rings (SSSR count). The van der Waals surface area contributed by atoms with Crippen LogP contribution in [0.15, 0.2) is 21.7 Å². The molecule has 0 bridgehead atoms. The minimum absolute atomic E-state index is 0.281. The third kappa shape index (κ3) is 3.04. The second-order valence-corrected chi connectivity index (χ2v) is 6.87. The Kier molecular flexibility index (Phi) is 3.96. The summed E-state index contributed by atoms with van der Waals surface area (Å²) in [5, 5.41) is 5.08. The summed E-state index contributed by atoms with van der Waals surface area (Å²) in [4.78, 5) is 0. The summed E-state index contributed by atoms with van der Waals surface area (Å²) in [6.07, 6.45) is 3.42. The number of hydrogen-bond acceptors (Lipinski definition) is 4. The van der Waals surface area contributed by atoms with Gasteiger partial charge in [-0.3, -0.25) is 0 Å². The molecule has 2 heterocycles. The first-order valence-electron chi connectivity index (χ1n) is 5.45. The van der Waals surface area contributed by atoms with Gasteiger partial charge in [0.1, 0.15) is 4.21 Å². The predicted molar refractivity (Wildman–Crippen MR) is 65.1 cm³/mol. The highest BCUT2D eigenvalue weighted by Crippen LogP contribution is 2.15. The molecule has 0 amide bonds. The Morgan fingerprint density at radius 3 is 3.00 bits per heavy atom. The van der Waals surface area contributed by atoms with Gasteiger partial charge in [-0.25, -0.2) is 13.1 Å². The van der Waals surface area contributed by atoms with E-state index in [1.165, 1.54) is 24.2 Å². The fraction of sp³-hybridized carbons (Fsp3) is 0.600. The minimum Gasteiger partial charge on any atom is -0.313 e. The van der Waals surface area contributed by atoms with Crippen molar-refractivity contribution >= 4 is 21.4 Å². The second-order valence-electron chi connectivity index (χ2n) is 3.93. The molecule has 1 atom stereocenters. The first-order valence-corrected chi connectivity index (χ1v) is 7.81. The van der Waals surface area contributed by atoms with E-state index in [0.717, 1.165) is 13.0 Å². The fourth-order valence-corrected chi connectivity index (χ4v) is 3.92. The Labute approximate surface area is 100 Å². The molecule has 0 radical (unpaired) electrons. The van der Waals surface area contributed by atoms with E-state index < -0.39 is 10.0 Å². The molecule has 0 saturated carbocycles. The van der Waals surface area contributed by atoms with Gasteiger partial charge in [-0.1, -0.05) is 12.5 Å². The molecule has 90 valence electrons. The number of piperidine rings is 1. The summed E-state index contributed by atoms with van der Waals surface area (Å²) in [6, 6.07) is 3.66. The lowest BCUT2D eigenvalue weighted by Gasteiger charge is -2.23. The van der Waals surface area contributed by atoms with Gasteiger partial charge in [0, 0.05) is 12.6 Å². The van der Waals surface area contributed by atoms with Gasteiger partial charge < -0.3 is 5.32 Å². The van der Waals surface area contributed by atoms with Crippen LogP contribution in [0.4, 0.5) is 0 Å². The van der Waals surface area contributed by atoms with Crippen molar-refractivity contribution in [1.82, 2.24) is 10.0 Å². The van der Waals surface area contributed by atoms with Crippen LogP contribution in [0.25, 0.3) is 0 Å². The maximum atomic E-state index is 11.8. The van der Waals surface area contributed by atoms with E-state index in [1.54, 1.807) is 17.5 Å². The normalized spacial score (nSPS) is 22.1. The molecule has 1 aliphatic rings. The molecule has 0 aromatic carbocycles. The van der Waals surface area contributed by atoms with Crippen LogP contribution in [0.2, 0.25) is 0 Å². The summed E-state index contributed by atoms with van der Waals surface area (Å²) in [7, 11) is -3.29. The van der Waals surface area contributed by atoms with Crippen LogP contribution in [0.1, 0.15) is 19.3 Å². The monoisotopic (exact) mass is 260 g/mol. The molecule has 4 nitrogen and oxygen atoms in total. The zero-order valence-electron chi connectivity index (χ0n) is 8.98. The van der Waals surface area contributed by atoms with E-state index >= 15 is 0 Å². The number of sulfonamides is 1. The van der Waals surface area contributed by atoms with E-state index in [4.69, 9.17) is 0 Å². The standard InChI is InChI=1S/C10H16N2O2S2/c13-16(14,10-5-3-7-15-10)12-8-9-4-1-2-6-11-9/h3,5,7,9,11-12H,1-2,4,6,8H2/t9-/m0/s1. The lowest BCUT2D eigenvalue weighted by atomic mass is 10.1. The first-order chi connectivity index (χ1) is 7.68. The molecule has 2 N–H and O–H groups in total. The third-order valence-electron chi connectivity index (χ3n) is 2.69. The lowest BCUT2D eigenvalue weighted by molar-refractivity contribution is 0.398. The van der Waals surface area contributed by atoms with Gasteiger partial charge in [0.15, 0.2) is 0 Å². The molecule has 1 aromatic rings. The van der Waals surface area contributed by atoms with Crippen molar-refractivity contribution in [3.63, 3.8) is 0 Å². The van der Waals surface area contributed by atoms with Crippen LogP contribution in [-0.4, -0.2) is 27.5 Å². The number of thiophene rings is 1. The molecule has 0 unspecified atom stereocenters. The van der Waals surface area contributed by atoms with Crippen molar-refractivity contribution in [1.29, 1.82) is 0 Å². The van der Waals surface area contributed by atoms with E-state index in [2.05, 4.69) is 10.0 Å². The third-order valence-corrected chi connectivity index (χ3v) is 5.51. The molecular weight excluding hydrogens is 244 g/mol. The van der Waals surface area contributed by atoms with E-state index in [1.807, 2.05) is 0 Å². The summed E-state index contributed by atoms with van der Waals surface area (Å²) < 4.78 is 26.7. The van der Waals surface area contributed by atoms with Gasteiger partial charge in [0.05, 0.1) is 0 Å². The lowest BCUT2D eigenvalue weighted by Crippen LogP contribution is -2.43. The summed E-state index contributed by atoms with van der Waals surface area (Å²) in [5.74, 6) is 0. The van der Waals surface area contributed by atoms with Crippen molar-refractivity contribution in [2.45, 2.75) is 29.5 Å². The molecule has 6 heteroatoms.